The normalized spacial score (nSPS) is 15.4. The fourth-order valence-electron chi connectivity index (χ4n) is 1.39. The lowest BCUT2D eigenvalue weighted by molar-refractivity contribution is 0.306. The molecule has 0 bridgehead atoms. The number of aryl methyl sites for hydroxylation is 1. The highest BCUT2D eigenvalue weighted by molar-refractivity contribution is 5.27. The average Bonchev–Trinajstić information content (AvgIpc) is 2.03. The Bertz CT molecular complexity index is 271. The van der Waals surface area contributed by atoms with Crippen LogP contribution in [0.15, 0.2) is 24.3 Å². The Morgan fingerprint density at radius 2 is 2.00 bits per heavy atom. The molecule has 2 heteroatoms. The van der Waals surface area contributed by atoms with Crippen LogP contribution in [0.2, 0.25) is 0 Å². The van der Waals surface area contributed by atoms with Crippen LogP contribution in [0.25, 0.3) is 0 Å². The molecular formula is C11H16FN. The minimum Gasteiger partial charge on any atom is -0.328 e. The minimum atomic E-state index is -0.929. The van der Waals surface area contributed by atoms with Gasteiger partial charge in [-0.15, -0.1) is 0 Å². The summed E-state index contributed by atoms with van der Waals surface area (Å²) >= 11 is 0. The molecule has 2 N–H and O–H groups in total. The van der Waals surface area contributed by atoms with Gasteiger partial charge in [0.2, 0.25) is 0 Å². The van der Waals surface area contributed by atoms with Crippen LogP contribution < -0.4 is 5.73 Å². The number of hydrogen-bond acceptors (Lipinski definition) is 1. The maximum Gasteiger partial charge on any atom is 0.127 e. The SMILES string of the molecule is Cc1ccccc1C(F)CC(C)N. The fourth-order valence-corrected chi connectivity index (χ4v) is 1.39. The van der Waals surface area contributed by atoms with Crippen molar-refractivity contribution >= 4 is 0 Å². The van der Waals surface area contributed by atoms with Crippen LogP contribution in [0.4, 0.5) is 4.39 Å². The molecule has 0 saturated carbocycles. The summed E-state index contributed by atoms with van der Waals surface area (Å²) in [5, 5.41) is 0. The Morgan fingerprint density at radius 1 is 1.38 bits per heavy atom. The van der Waals surface area contributed by atoms with E-state index in [1.165, 1.54) is 0 Å². The molecule has 0 aliphatic heterocycles. The molecule has 1 nitrogen and oxygen atoms in total. The van der Waals surface area contributed by atoms with Crippen molar-refractivity contribution in [2.45, 2.75) is 32.5 Å². The third kappa shape index (κ3) is 2.81. The summed E-state index contributed by atoms with van der Waals surface area (Å²) in [6.45, 7) is 3.74. The van der Waals surface area contributed by atoms with Gasteiger partial charge in [-0.25, -0.2) is 4.39 Å². The maximum atomic E-state index is 13.6. The third-order valence-electron chi connectivity index (χ3n) is 2.10. The summed E-state index contributed by atoms with van der Waals surface area (Å²) in [6, 6.07) is 7.42. The summed E-state index contributed by atoms with van der Waals surface area (Å²) in [6.07, 6.45) is -0.536. The van der Waals surface area contributed by atoms with Crippen LogP contribution in [-0.4, -0.2) is 6.04 Å². The summed E-state index contributed by atoms with van der Waals surface area (Å²) in [5.74, 6) is 0. The Kier molecular flexibility index (Phi) is 3.43. The van der Waals surface area contributed by atoms with Gasteiger partial charge in [-0.3, -0.25) is 0 Å². The van der Waals surface area contributed by atoms with Crippen molar-refractivity contribution in [3.8, 4) is 0 Å². The van der Waals surface area contributed by atoms with Crippen molar-refractivity contribution in [3.05, 3.63) is 35.4 Å². The summed E-state index contributed by atoms with van der Waals surface area (Å²) < 4.78 is 13.6. The molecule has 0 aromatic heterocycles. The van der Waals surface area contributed by atoms with Gasteiger partial charge in [0, 0.05) is 6.04 Å². The van der Waals surface area contributed by atoms with Crippen molar-refractivity contribution in [1.29, 1.82) is 0 Å². The molecular weight excluding hydrogens is 165 g/mol. The predicted molar refractivity (Wildman–Crippen MR) is 53.3 cm³/mol. The van der Waals surface area contributed by atoms with Crippen molar-refractivity contribution in [3.63, 3.8) is 0 Å². The van der Waals surface area contributed by atoms with Gasteiger partial charge in [0.1, 0.15) is 6.17 Å². The molecule has 72 valence electrons. The number of benzene rings is 1. The second-order valence-corrected chi connectivity index (χ2v) is 3.54. The van der Waals surface area contributed by atoms with E-state index in [4.69, 9.17) is 5.73 Å². The molecule has 0 aliphatic rings. The molecule has 0 spiro atoms. The second-order valence-electron chi connectivity index (χ2n) is 3.54. The quantitative estimate of drug-likeness (QED) is 0.762. The lowest BCUT2D eigenvalue weighted by Gasteiger charge is -2.13. The molecule has 0 aliphatic carbocycles. The minimum absolute atomic E-state index is 0.0883. The average molecular weight is 181 g/mol. The van der Waals surface area contributed by atoms with Gasteiger partial charge < -0.3 is 5.73 Å². The van der Waals surface area contributed by atoms with Gasteiger partial charge in [0.15, 0.2) is 0 Å². The monoisotopic (exact) mass is 181 g/mol. The van der Waals surface area contributed by atoms with Crippen LogP contribution in [0, 0.1) is 6.92 Å². The first-order valence-electron chi connectivity index (χ1n) is 4.56. The van der Waals surface area contributed by atoms with E-state index in [9.17, 15) is 4.39 Å². The van der Waals surface area contributed by atoms with E-state index in [2.05, 4.69) is 0 Å². The van der Waals surface area contributed by atoms with Crippen LogP contribution in [-0.2, 0) is 0 Å². The van der Waals surface area contributed by atoms with Crippen molar-refractivity contribution in [2.75, 3.05) is 0 Å². The smallest absolute Gasteiger partial charge is 0.127 e. The number of nitrogens with two attached hydrogens (primary N) is 1. The Labute approximate surface area is 78.8 Å². The number of halogens is 1. The van der Waals surface area contributed by atoms with Gasteiger partial charge >= 0.3 is 0 Å². The van der Waals surface area contributed by atoms with E-state index in [1.54, 1.807) is 0 Å². The molecule has 1 aromatic rings. The van der Waals surface area contributed by atoms with E-state index in [0.717, 1.165) is 11.1 Å². The highest BCUT2D eigenvalue weighted by atomic mass is 19.1. The fraction of sp³-hybridized carbons (Fsp3) is 0.455. The maximum absolute atomic E-state index is 13.6. The highest BCUT2D eigenvalue weighted by Crippen LogP contribution is 2.24. The summed E-state index contributed by atoms with van der Waals surface area (Å²) in [7, 11) is 0. The van der Waals surface area contributed by atoms with Gasteiger partial charge in [0.25, 0.3) is 0 Å². The molecule has 1 aromatic carbocycles. The van der Waals surface area contributed by atoms with E-state index in [-0.39, 0.29) is 6.04 Å². The first-order valence-corrected chi connectivity index (χ1v) is 4.56. The number of rotatable bonds is 3. The zero-order valence-electron chi connectivity index (χ0n) is 8.13. The van der Waals surface area contributed by atoms with Gasteiger partial charge in [0.05, 0.1) is 0 Å². The summed E-state index contributed by atoms with van der Waals surface area (Å²) in [4.78, 5) is 0. The zero-order valence-corrected chi connectivity index (χ0v) is 8.13. The van der Waals surface area contributed by atoms with Crippen molar-refractivity contribution < 1.29 is 4.39 Å². The molecule has 1 rings (SSSR count). The standard InChI is InChI=1S/C11H16FN/c1-8-5-3-4-6-10(8)11(12)7-9(2)13/h3-6,9,11H,7,13H2,1-2H3. The zero-order chi connectivity index (χ0) is 9.84. The van der Waals surface area contributed by atoms with Crippen LogP contribution in [0.1, 0.15) is 30.6 Å². The Hall–Kier alpha value is -0.890. The Morgan fingerprint density at radius 3 is 2.54 bits per heavy atom. The van der Waals surface area contributed by atoms with Gasteiger partial charge in [-0.1, -0.05) is 24.3 Å². The molecule has 0 amide bonds. The topological polar surface area (TPSA) is 26.0 Å². The lowest BCUT2D eigenvalue weighted by Crippen LogP contribution is -2.17. The predicted octanol–water partition coefficient (Wildman–Crippen LogP) is 2.74. The number of alkyl halides is 1. The first kappa shape index (κ1) is 10.2. The largest absolute Gasteiger partial charge is 0.328 e. The molecule has 2 atom stereocenters. The first-order chi connectivity index (χ1) is 6.11. The molecule has 13 heavy (non-hydrogen) atoms. The molecule has 0 heterocycles. The van der Waals surface area contributed by atoms with Crippen LogP contribution in [0.5, 0.6) is 0 Å². The van der Waals surface area contributed by atoms with Crippen molar-refractivity contribution in [2.24, 2.45) is 5.73 Å². The molecule has 0 fully saturated rings. The lowest BCUT2D eigenvalue weighted by atomic mass is 10.0. The van der Waals surface area contributed by atoms with E-state index >= 15 is 0 Å². The van der Waals surface area contributed by atoms with Gasteiger partial charge in [-0.2, -0.15) is 0 Å². The van der Waals surface area contributed by atoms with E-state index in [0.29, 0.717) is 6.42 Å². The van der Waals surface area contributed by atoms with Crippen LogP contribution >= 0.6 is 0 Å². The number of hydrogen-bond donors (Lipinski definition) is 1. The molecule has 0 saturated heterocycles. The third-order valence-corrected chi connectivity index (χ3v) is 2.10. The highest BCUT2D eigenvalue weighted by Gasteiger charge is 2.13. The van der Waals surface area contributed by atoms with E-state index in [1.807, 2.05) is 38.1 Å². The molecule has 2 unspecified atom stereocenters. The summed E-state index contributed by atoms with van der Waals surface area (Å²) in [5.41, 5.74) is 7.30. The molecule has 0 radical (unpaired) electrons. The van der Waals surface area contributed by atoms with Crippen molar-refractivity contribution in [1.82, 2.24) is 0 Å². The second kappa shape index (κ2) is 4.38. The Balaban J connectivity index is 2.76. The van der Waals surface area contributed by atoms with Crippen LogP contribution in [0.3, 0.4) is 0 Å². The van der Waals surface area contributed by atoms with Gasteiger partial charge in [-0.05, 0) is 31.4 Å². The van der Waals surface area contributed by atoms with E-state index < -0.39 is 6.17 Å².